The van der Waals surface area contributed by atoms with Crippen LogP contribution in [0.2, 0.25) is 0 Å². The number of hydrazine groups is 2. The Morgan fingerprint density at radius 1 is 1.00 bits per heavy atom. The summed E-state index contributed by atoms with van der Waals surface area (Å²) < 4.78 is 11.7. The minimum absolute atomic E-state index is 0.753. The Labute approximate surface area is 135 Å². The van der Waals surface area contributed by atoms with E-state index in [-0.39, 0.29) is 0 Å². The quantitative estimate of drug-likeness (QED) is 0.459. The van der Waals surface area contributed by atoms with Crippen molar-refractivity contribution in [2.45, 2.75) is 0 Å². The Bertz CT molecular complexity index is 269. The van der Waals surface area contributed by atoms with Crippen LogP contribution in [0.4, 0.5) is 0 Å². The van der Waals surface area contributed by atoms with Crippen LogP contribution in [-0.2, 0) is 9.47 Å². The Morgan fingerprint density at radius 3 is 1.89 bits per heavy atom. The molecule has 0 aromatic carbocycles. The lowest BCUT2D eigenvalue weighted by Gasteiger charge is -2.45. The number of rotatable bonds is 4. The zero-order valence-electron chi connectivity index (χ0n) is 10.4. The molecule has 0 saturated carbocycles. The van der Waals surface area contributed by atoms with Crippen molar-refractivity contribution in [1.29, 1.82) is 0 Å². The van der Waals surface area contributed by atoms with Gasteiger partial charge in [0.1, 0.15) is 0 Å². The van der Waals surface area contributed by atoms with Crippen molar-refractivity contribution in [2.24, 2.45) is 0 Å². The lowest BCUT2D eigenvalue weighted by atomic mass is 10.5. The van der Waals surface area contributed by atoms with Gasteiger partial charge in [-0.3, -0.25) is 0 Å². The number of hydrogen-bond donors (Lipinski definition) is 1. The molecule has 5 nitrogen and oxygen atoms in total. The standard InChI is InChI=1S/C9H17N3O2S5/c15-9(17-19-18-16)12(10-1-5-13-6-2-10)11-3-7-14-8-4-11/h16H,1-8H2. The molecule has 2 saturated heterocycles. The van der Waals surface area contributed by atoms with Gasteiger partial charge >= 0.3 is 0 Å². The van der Waals surface area contributed by atoms with E-state index in [1.807, 2.05) is 0 Å². The second-order valence-electron chi connectivity index (χ2n) is 3.91. The smallest absolute Gasteiger partial charge is 0.178 e. The Hall–Kier alpha value is 1.13. The van der Waals surface area contributed by atoms with Crippen molar-refractivity contribution >= 4 is 58.6 Å². The van der Waals surface area contributed by atoms with Crippen LogP contribution in [0, 0.1) is 0 Å². The van der Waals surface area contributed by atoms with Gasteiger partial charge in [-0.1, -0.05) is 11.7 Å². The van der Waals surface area contributed by atoms with E-state index >= 15 is 0 Å². The molecule has 110 valence electrons. The van der Waals surface area contributed by atoms with Crippen LogP contribution >= 0.6 is 54.3 Å². The van der Waals surface area contributed by atoms with E-state index in [1.54, 1.807) is 20.6 Å². The van der Waals surface area contributed by atoms with Crippen molar-refractivity contribution in [3.05, 3.63) is 0 Å². The molecular weight excluding hydrogens is 342 g/mol. The Morgan fingerprint density at radius 2 is 1.47 bits per heavy atom. The molecule has 2 fully saturated rings. The summed E-state index contributed by atoms with van der Waals surface area (Å²) in [6.45, 7) is 6.50. The minimum Gasteiger partial charge on any atom is -0.379 e. The van der Waals surface area contributed by atoms with Crippen molar-refractivity contribution in [2.75, 3.05) is 52.6 Å². The number of thiocarbonyl (C=S) groups is 1. The van der Waals surface area contributed by atoms with Crippen molar-refractivity contribution < 1.29 is 9.47 Å². The topological polar surface area (TPSA) is 28.2 Å². The zero-order valence-corrected chi connectivity index (χ0v) is 14.6. The molecule has 0 spiro atoms. The predicted octanol–water partition coefficient (Wildman–Crippen LogP) is 1.94. The van der Waals surface area contributed by atoms with Gasteiger partial charge in [0.05, 0.1) is 26.4 Å². The fourth-order valence-electron chi connectivity index (χ4n) is 1.97. The third kappa shape index (κ3) is 5.11. The van der Waals surface area contributed by atoms with E-state index in [9.17, 15) is 0 Å². The SMILES string of the molecule is S=C(SSSS)N(N1CCOCC1)N1CCOCC1. The highest BCUT2D eigenvalue weighted by Crippen LogP contribution is 2.39. The van der Waals surface area contributed by atoms with Gasteiger partial charge in [0.25, 0.3) is 0 Å². The van der Waals surface area contributed by atoms with Crippen LogP contribution in [0.25, 0.3) is 0 Å². The molecule has 2 aliphatic heterocycles. The second-order valence-corrected chi connectivity index (χ2v) is 9.32. The summed E-state index contributed by atoms with van der Waals surface area (Å²) in [7, 11) is 4.55. The highest BCUT2D eigenvalue weighted by molar-refractivity contribution is 9.25. The zero-order chi connectivity index (χ0) is 13.5. The normalized spacial score (nSPS) is 22.4. The number of hydrogen-bond acceptors (Lipinski definition) is 9. The molecule has 0 amide bonds. The molecule has 0 atom stereocenters. The van der Waals surface area contributed by atoms with E-state index in [4.69, 9.17) is 21.7 Å². The number of thiol groups is 1. The van der Waals surface area contributed by atoms with Crippen LogP contribution in [0.5, 0.6) is 0 Å². The van der Waals surface area contributed by atoms with Gasteiger partial charge in [-0.15, -0.1) is 0 Å². The van der Waals surface area contributed by atoms with Crippen LogP contribution < -0.4 is 0 Å². The van der Waals surface area contributed by atoms with Crippen molar-refractivity contribution in [1.82, 2.24) is 15.1 Å². The van der Waals surface area contributed by atoms with Gasteiger partial charge in [0, 0.05) is 26.2 Å². The molecule has 10 heteroatoms. The maximum atomic E-state index is 5.56. The van der Waals surface area contributed by atoms with Gasteiger partial charge in [0.2, 0.25) is 0 Å². The molecule has 19 heavy (non-hydrogen) atoms. The van der Waals surface area contributed by atoms with E-state index in [2.05, 4.69) is 26.8 Å². The highest BCUT2D eigenvalue weighted by Gasteiger charge is 2.28. The molecule has 2 aliphatic rings. The predicted molar refractivity (Wildman–Crippen MR) is 91.0 cm³/mol. The first kappa shape index (κ1) is 16.5. The molecule has 0 aromatic rings. The van der Waals surface area contributed by atoms with Gasteiger partial charge in [-0.25, -0.2) is 5.12 Å². The van der Waals surface area contributed by atoms with Crippen LogP contribution in [0.1, 0.15) is 0 Å². The summed E-state index contributed by atoms with van der Waals surface area (Å²) >= 11 is 9.69. The largest absolute Gasteiger partial charge is 0.379 e. The van der Waals surface area contributed by atoms with Crippen LogP contribution in [0.15, 0.2) is 0 Å². The summed E-state index contributed by atoms with van der Waals surface area (Å²) in [5, 5.41) is 6.64. The van der Waals surface area contributed by atoms with Gasteiger partial charge in [0.15, 0.2) is 4.32 Å². The van der Waals surface area contributed by atoms with E-state index in [0.29, 0.717) is 0 Å². The number of nitrogens with zero attached hydrogens (tertiary/aromatic N) is 3. The fourth-order valence-corrected chi connectivity index (χ4v) is 5.43. The molecule has 0 aliphatic carbocycles. The summed E-state index contributed by atoms with van der Waals surface area (Å²) in [6, 6.07) is 0. The lowest BCUT2D eigenvalue weighted by molar-refractivity contribution is -0.176. The monoisotopic (exact) mass is 359 g/mol. The highest BCUT2D eigenvalue weighted by atomic mass is 33.7. The summed E-state index contributed by atoms with van der Waals surface area (Å²) in [5.74, 6) is 0. The maximum Gasteiger partial charge on any atom is 0.178 e. The summed E-state index contributed by atoms with van der Waals surface area (Å²) in [4.78, 5) is 0. The second kappa shape index (κ2) is 9.21. The molecular formula is C9H17N3O2S5. The molecule has 0 unspecified atom stereocenters. The molecule has 0 N–H and O–H groups in total. The summed E-state index contributed by atoms with van der Waals surface area (Å²) in [5.41, 5.74) is 0. The van der Waals surface area contributed by atoms with Gasteiger partial charge < -0.3 is 9.47 Å². The average molecular weight is 360 g/mol. The van der Waals surface area contributed by atoms with Gasteiger partial charge in [-0.2, -0.15) is 10.0 Å². The molecule has 2 heterocycles. The van der Waals surface area contributed by atoms with E-state index in [0.717, 1.165) is 56.9 Å². The van der Waals surface area contributed by atoms with Crippen molar-refractivity contribution in [3.8, 4) is 0 Å². The minimum atomic E-state index is 0.753. The average Bonchev–Trinajstić information content (AvgIpc) is 2.47. The molecule has 0 aromatic heterocycles. The Balaban J connectivity index is 1.99. The third-order valence-corrected chi connectivity index (χ3v) is 7.64. The van der Waals surface area contributed by atoms with E-state index in [1.165, 1.54) is 9.83 Å². The number of morpholine rings is 2. The van der Waals surface area contributed by atoms with E-state index < -0.39 is 0 Å². The van der Waals surface area contributed by atoms with Crippen LogP contribution in [-0.4, -0.2) is 72.1 Å². The first-order chi connectivity index (χ1) is 9.33. The first-order valence-corrected chi connectivity index (χ1v) is 10.9. The Kier molecular flexibility index (Phi) is 8.00. The first-order valence-electron chi connectivity index (χ1n) is 5.97. The molecule has 0 bridgehead atoms. The third-order valence-electron chi connectivity index (χ3n) is 2.81. The molecule has 2 rings (SSSR count). The van der Waals surface area contributed by atoms with Crippen molar-refractivity contribution in [3.63, 3.8) is 0 Å². The lowest BCUT2D eigenvalue weighted by Crippen LogP contribution is -2.60. The molecule has 0 radical (unpaired) electrons. The fraction of sp³-hybridized carbons (Fsp3) is 0.889. The van der Waals surface area contributed by atoms with Crippen LogP contribution in [0.3, 0.4) is 0 Å². The number of ether oxygens (including phenoxy) is 2. The summed E-state index contributed by atoms with van der Waals surface area (Å²) in [6.07, 6.45) is 0. The maximum absolute atomic E-state index is 5.56. The van der Waals surface area contributed by atoms with Gasteiger partial charge in [-0.05, 0) is 42.7 Å².